The number of rotatable bonds is 6. The van der Waals surface area contributed by atoms with Crippen molar-refractivity contribution in [3.05, 3.63) is 29.0 Å². The summed E-state index contributed by atoms with van der Waals surface area (Å²) in [7, 11) is 0. The van der Waals surface area contributed by atoms with Crippen LogP contribution in [0.3, 0.4) is 0 Å². The third-order valence-corrected chi connectivity index (χ3v) is 4.06. The van der Waals surface area contributed by atoms with Crippen LogP contribution in [0, 0.1) is 5.82 Å². The van der Waals surface area contributed by atoms with Crippen molar-refractivity contribution in [2.24, 2.45) is 0 Å². The van der Waals surface area contributed by atoms with Gasteiger partial charge in [0.05, 0.1) is 5.02 Å². The molecule has 24 heavy (non-hydrogen) atoms. The van der Waals surface area contributed by atoms with Crippen LogP contribution in [0.2, 0.25) is 5.02 Å². The van der Waals surface area contributed by atoms with Crippen LogP contribution in [0.25, 0.3) is 0 Å². The summed E-state index contributed by atoms with van der Waals surface area (Å²) < 4.78 is 23.8. The van der Waals surface area contributed by atoms with E-state index in [9.17, 15) is 14.0 Å². The molecule has 8 heteroatoms. The van der Waals surface area contributed by atoms with Gasteiger partial charge in [0.2, 0.25) is 0 Å². The van der Waals surface area contributed by atoms with E-state index in [1.807, 2.05) is 0 Å². The molecule has 2 rings (SSSR count). The Kier molecular flexibility index (Phi) is 6.39. The average molecular weight is 360 g/mol. The van der Waals surface area contributed by atoms with Gasteiger partial charge < -0.3 is 19.5 Å². The first-order chi connectivity index (χ1) is 11.4. The van der Waals surface area contributed by atoms with Crippen molar-refractivity contribution in [2.75, 3.05) is 19.8 Å². The molecule has 132 valence electrons. The number of ether oxygens (including phenoxy) is 2. The Balaban J connectivity index is 2.10. The fourth-order valence-electron chi connectivity index (χ4n) is 2.57. The molecule has 6 nitrogen and oxygen atoms in total. The zero-order chi connectivity index (χ0) is 17.7. The van der Waals surface area contributed by atoms with Crippen LogP contribution in [-0.4, -0.2) is 53.8 Å². The van der Waals surface area contributed by atoms with Gasteiger partial charge in [-0.3, -0.25) is 9.59 Å². The third kappa shape index (κ3) is 4.82. The summed E-state index contributed by atoms with van der Waals surface area (Å²) in [6.45, 7) is 2.06. The molecule has 1 unspecified atom stereocenters. The molecule has 1 heterocycles. The molecule has 1 amide bonds. The van der Waals surface area contributed by atoms with E-state index in [-0.39, 0.29) is 16.8 Å². The zero-order valence-electron chi connectivity index (χ0n) is 13.2. The van der Waals surface area contributed by atoms with Crippen LogP contribution in [0.4, 0.5) is 4.39 Å². The first kappa shape index (κ1) is 18.5. The molecular formula is C16H19ClFNO5. The molecule has 1 saturated heterocycles. The number of amides is 1. The van der Waals surface area contributed by atoms with Crippen molar-refractivity contribution in [1.29, 1.82) is 0 Å². The second kappa shape index (κ2) is 8.30. The Hall–Kier alpha value is -1.86. The van der Waals surface area contributed by atoms with E-state index >= 15 is 0 Å². The number of carbonyl (C=O) groups is 2. The maximum Gasteiger partial charge on any atom is 0.323 e. The van der Waals surface area contributed by atoms with Gasteiger partial charge in [0.15, 0.2) is 6.10 Å². The fourth-order valence-corrected chi connectivity index (χ4v) is 2.79. The van der Waals surface area contributed by atoms with E-state index in [0.29, 0.717) is 26.1 Å². The second-order valence-electron chi connectivity index (χ2n) is 5.54. The minimum Gasteiger partial charge on any atom is -0.480 e. The van der Waals surface area contributed by atoms with Gasteiger partial charge in [0.1, 0.15) is 18.1 Å². The first-order valence-electron chi connectivity index (χ1n) is 7.60. The van der Waals surface area contributed by atoms with Gasteiger partial charge in [-0.05, 0) is 38.0 Å². The minimum absolute atomic E-state index is 0.0468. The molecule has 1 aliphatic rings. The fraction of sp³-hybridized carbons (Fsp3) is 0.500. The summed E-state index contributed by atoms with van der Waals surface area (Å²) in [6, 6.07) is 3.38. The van der Waals surface area contributed by atoms with Crippen LogP contribution in [0.1, 0.15) is 19.8 Å². The lowest BCUT2D eigenvalue weighted by atomic mass is 10.1. The van der Waals surface area contributed by atoms with Crippen LogP contribution >= 0.6 is 11.6 Å². The molecule has 1 fully saturated rings. The maximum atomic E-state index is 13.1. The molecule has 1 aromatic rings. The van der Waals surface area contributed by atoms with Crippen LogP contribution in [0.5, 0.6) is 5.75 Å². The van der Waals surface area contributed by atoms with Gasteiger partial charge in [0, 0.05) is 19.3 Å². The molecule has 0 aliphatic carbocycles. The molecule has 1 N–H and O–H groups in total. The summed E-state index contributed by atoms with van der Waals surface area (Å²) in [5, 5.41) is 9.13. The van der Waals surface area contributed by atoms with Gasteiger partial charge in [0.25, 0.3) is 5.91 Å². The highest BCUT2D eigenvalue weighted by Gasteiger charge is 2.31. The van der Waals surface area contributed by atoms with Gasteiger partial charge in [-0.25, -0.2) is 4.39 Å². The Morgan fingerprint density at radius 3 is 2.71 bits per heavy atom. The van der Waals surface area contributed by atoms with Gasteiger partial charge in [-0.15, -0.1) is 0 Å². The van der Waals surface area contributed by atoms with E-state index in [4.69, 9.17) is 26.2 Å². The first-order valence-corrected chi connectivity index (χ1v) is 7.98. The molecule has 0 aromatic heterocycles. The van der Waals surface area contributed by atoms with Crippen LogP contribution in [-0.2, 0) is 14.3 Å². The molecule has 1 atom stereocenters. The van der Waals surface area contributed by atoms with Gasteiger partial charge in [-0.2, -0.15) is 0 Å². The molecule has 0 radical (unpaired) electrons. The lowest BCUT2D eigenvalue weighted by Gasteiger charge is -2.34. The van der Waals surface area contributed by atoms with Crippen molar-refractivity contribution in [2.45, 2.75) is 31.9 Å². The highest BCUT2D eigenvalue weighted by atomic mass is 35.5. The highest BCUT2D eigenvalue weighted by molar-refractivity contribution is 6.32. The topological polar surface area (TPSA) is 76.1 Å². The number of halogens is 2. The Labute approximate surface area is 144 Å². The van der Waals surface area contributed by atoms with Crippen molar-refractivity contribution in [3.8, 4) is 5.75 Å². The van der Waals surface area contributed by atoms with Gasteiger partial charge in [-0.1, -0.05) is 11.6 Å². The normalized spacial score (nSPS) is 16.5. The van der Waals surface area contributed by atoms with E-state index in [1.165, 1.54) is 24.0 Å². The maximum absolute atomic E-state index is 13.1. The standard InChI is InChI=1S/C16H19ClFNO5/c1-10(24-14-3-2-11(18)8-13(14)17)16(22)19(9-15(20)21)12-4-6-23-7-5-12/h2-3,8,10,12H,4-7,9H2,1H3,(H,20,21). The van der Waals surface area contributed by atoms with E-state index in [0.717, 1.165) is 6.07 Å². The predicted molar refractivity (Wildman–Crippen MR) is 84.7 cm³/mol. The molecule has 0 spiro atoms. The molecule has 0 saturated carbocycles. The third-order valence-electron chi connectivity index (χ3n) is 3.77. The number of benzene rings is 1. The SMILES string of the molecule is CC(Oc1ccc(F)cc1Cl)C(=O)N(CC(=O)O)C1CCOCC1. The highest BCUT2D eigenvalue weighted by Crippen LogP contribution is 2.26. The van der Waals surface area contributed by atoms with Gasteiger partial charge >= 0.3 is 5.97 Å². The number of carboxylic acids is 1. The predicted octanol–water partition coefficient (Wildman–Crippen LogP) is 2.34. The number of hydrogen-bond donors (Lipinski definition) is 1. The van der Waals surface area contributed by atoms with E-state index < -0.39 is 30.3 Å². The van der Waals surface area contributed by atoms with Crippen molar-refractivity contribution >= 4 is 23.5 Å². The van der Waals surface area contributed by atoms with E-state index in [2.05, 4.69) is 0 Å². The second-order valence-corrected chi connectivity index (χ2v) is 5.95. The number of carboxylic acid groups (broad SMARTS) is 1. The monoisotopic (exact) mass is 359 g/mol. The summed E-state index contributed by atoms with van der Waals surface area (Å²) in [4.78, 5) is 25.0. The van der Waals surface area contributed by atoms with E-state index in [1.54, 1.807) is 0 Å². The van der Waals surface area contributed by atoms with Crippen molar-refractivity contribution in [3.63, 3.8) is 0 Å². The quantitative estimate of drug-likeness (QED) is 0.843. The minimum atomic E-state index is -1.10. The summed E-state index contributed by atoms with van der Waals surface area (Å²) in [5.74, 6) is -1.89. The number of aliphatic carboxylic acids is 1. The van der Waals surface area contributed by atoms with Crippen LogP contribution in [0.15, 0.2) is 18.2 Å². The van der Waals surface area contributed by atoms with Crippen molar-refractivity contribution in [1.82, 2.24) is 4.90 Å². The number of carbonyl (C=O) groups excluding carboxylic acids is 1. The summed E-state index contributed by atoms with van der Waals surface area (Å²) in [5.41, 5.74) is 0. The zero-order valence-corrected chi connectivity index (χ0v) is 14.0. The average Bonchev–Trinajstić information content (AvgIpc) is 2.55. The largest absolute Gasteiger partial charge is 0.480 e. The smallest absolute Gasteiger partial charge is 0.323 e. The Morgan fingerprint density at radius 1 is 1.46 bits per heavy atom. The lowest BCUT2D eigenvalue weighted by Crippen LogP contribution is -2.50. The summed E-state index contributed by atoms with van der Waals surface area (Å²) >= 11 is 5.89. The molecule has 1 aliphatic heterocycles. The van der Waals surface area contributed by atoms with Crippen LogP contribution < -0.4 is 4.74 Å². The molecule has 0 bridgehead atoms. The summed E-state index contributed by atoms with van der Waals surface area (Å²) in [6.07, 6.45) is 0.196. The molecule has 1 aromatic carbocycles. The number of hydrogen-bond acceptors (Lipinski definition) is 4. The Morgan fingerprint density at radius 2 is 2.12 bits per heavy atom. The molecular weight excluding hydrogens is 341 g/mol. The Bertz CT molecular complexity index is 606. The van der Waals surface area contributed by atoms with Crippen molar-refractivity contribution < 1.29 is 28.6 Å². The number of nitrogens with zero attached hydrogens (tertiary/aromatic N) is 1. The lowest BCUT2D eigenvalue weighted by molar-refractivity contribution is -0.151.